The van der Waals surface area contributed by atoms with E-state index in [-0.39, 0.29) is 10.8 Å². The number of hydrogen-bond acceptors (Lipinski definition) is 5. The highest BCUT2D eigenvalue weighted by Crippen LogP contribution is 2.34. The molecule has 1 N–H and O–H groups in total. The fraction of sp³-hybridized carbons (Fsp3) is 0.409. The van der Waals surface area contributed by atoms with Gasteiger partial charge < -0.3 is 0 Å². The Labute approximate surface area is 188 Å². The number of piperidine rings is 1. The van der Waals surface area contributed by atoms with Crippen LogP contribution in [0.2, 0.25) is 0 Å². The third-order valence-electron chi connectivity index (χ3n) is 5.52. The maximum absolute atomic E-state index is 13.9. The molecule has 1 unspecified atom stereocenters. The summed E-state index contributed by atoms with van der Waals surface area (Å²) < 4.78 is 42.5. The number of anilines is 1. The Morgan fingerprint density at radius 1 is 1.31 bits per heavy atom. The molecule has 1 amide bonds. The van der Waals surface area contributed by atoms with Crippen LogP contribution < -0.4 is 5.32 Å². The number of halogens is 3. The number of nitrogens with zero attached hydrogens (tertiary/aromatic N) is 4. The quantitative estimate of drug-likeness (QED) is 0.569. The van der Waals surface area contributed by atoms with Crippen molar-refractivity contribution in [3.8, 4) is 5.69 Å². The van der Waals surface area contributed by atoms with Crippen molar-refractivity contribution in [1.82, 2.24) is 19.7 Å². The summed E-state index contributed by atoms with van der Waals surface area (Å²) in [5.41, 5.74) is 0.0348. The molecule has 1 aliphatic rings. The second-order valence-electron chi connectivity index (χ2n) is 8.18. The molecule has 1 aromatic carbocycles. The van der Waals surface area contributed by atoms with Crippen LogP contribution in [0.4, 0.5) is 18.3 Å². The van der Waals surface area contributed by atoms with Crippen molar-refractivity contribution < 1.29 is 18.0 Å². The summed E-state index contributed by atoms with van der Waals surface area (Å²) in [6.45, 7) is 6.56. The van der Waals surface area contributed by atoms with Crippen LogP contribution in [-0.2, 0) is 12.7 Å². The number of hydrogen-bond donors (Lipinski definition) is 1. The first-order valence-electron chi connectivity index (χ1n) is 10.4. The molecule has 3 aromatic rings. The maximum atomic E-state index is 13.9. The van der Waals surface area contributed by atoms with Gasteiger partial charge in [0.15, 0.2) is 10.8 Å². The number of benzene rings is 1. The summed E-state index contributed by atoms with van der Waals surface area (Å²) in [5, 5.41) is 8.49. The lowest BCUT2D eigenvalue weighted by molar-refractivity contribution is -0.143. The molecule has 0 radical (unpaired) electrons. The number of aromatic nitrogens is 3. The van der Waals surface area contributed by atoms with Crippen molar-refractivity contribution >= 4 is 22.4 Å². The Hall–Kier alpha value is -2.72. The molecule has 0 saturated carbocycles. The number of aryl methyl sites for hydroxylation is 1. The predicted molar refractivity (Wildman–Crippen MR) is 117 cm³/mol. The van der Waals surface area contributed by atoms with Crippen LogP contribution in [0, 0.1) is 12.8 Å². The Morgan fingerprint density at radius 2 is 2.09 bits per heavy atom. The van der Waals surface area contributed by atoms with Crippen LogP contribution >= 0.6 is 11.3 Å². The topological polar surface area (TPSA) is 63.1 Å². The van der Waals surface area contributed by atoms with Gasteiger partial charge in [-0.15, -0.1) is 11.3 Å². The van der Waals surface area contributed by atoms with E-state index in [1.54, 1.807) is 25.1 Å². The minimum Gasteiger partial charge on any atom is -0.298 e. The molecule has 1 atom stereocenters. The van der Waals surface area contributed by atoms with Crippen molar-refractivity contribution in [1.29, 1.82) is 0 Å². The normalized spacial score (nSPS) is 17.5. The van der Waals surface area contributed by atoms with Gasteiger partial charge in [-0.05, 0) is 43.9 Å². The SMILES string of the molecule is Cc1ccccc1-n1ncc(C(=O)Nc2nc(CN3CCCC(C)C3)cs2)c1C(F)(F)F. The van der Waals surface area contributed by atoms with E-state index in [2.05, 4.69) is 27.2 Å². The molecule has 4 rings (SSSR count). The second-order valence-corrected chi connectivity index (χ2v) is 9.04. The molecule has 32 heavy (non-hydrogen) atoms. The van der Waals surface area contributed by atoms with Crippen molar-refractivity contribution in [2.75, 3.05) is 18.4 Å². The molecule has 10 heteroatoms. The van der Waals surface area contributed by atoms with Crippen LogP contribution in [-0.4, -0.2) is 38.7 Å². The van der Waals surface area contributed by atoms with Gasteiger partial charge in [-0.25, -0.2) is 9.67 Å². The zero-order valence-electron chi connectivity index (χ0n) is 17.8. The maximum Gasteiger partial charge on any atom is 0.434 e. The monoisotopic (exact) mass is 463 g/mol. The van der Waals surface area contributed by atoms with Crippen LogP contribution in [0.1, 0.15) is 47.1 Å². The number of para-hydroxylation sites is 1. The molecule has 1 fully saturated rings. The molecule has 0 aliphatic carbocycles. The van der Waals surface area contributed by atoms with Gasteiger partial charge in [-0.3, -0.25) is 15.0 Å². The lowest BCUT2D eigenvalue weighted by Gasteiger charge is -2.30. The third-order valence-corrected chi connectivity index (χ3v) is 6.33. The number of carbonyl (C=O) groups excluding carboxylic acids is 1. The standard InChI is InChI=1S/C22H24F3N5OS/c1-14-6-5-9-29(11-14)12-16-13-32-21(27-16)28-20(31)17-10-26-30(19(17)22(23,24)25)18-8-4-3-7-15(18)2/h3-4,7-8,10,13-14H,5-6,9,11-12H2,1-2H3,(H,27,28,31). The van der Waals surface area contributed by atoms with Crippen molar-refractivity contribution in [3.05, 3.63) is 58.4 Å². The highest BCUT2D eigenvalue weighted by Gasteiger charge is 2.41. The van der Waals surface area contributed by atoms with Crippen molar-refractivity contribution in [3.63, 3.8) is 0 Å². The highest BCUT2D eigenvalue weighted by molar-refractivity contribution is 7.14. The van der Waals surface area contributed by atoms with Crippen molar-refractivity contribution in [2.45, 2.75) is 39.4 Å². The van der Waals surface area contributed by atoms with Gasteiger partial charge in [0.2, 0.25) is 0 Å². The van der Waals surface area contributed by atoms with Gasteiger partial charge >= 0.3 is 6.18 Å². The van der Waals surface area contributed by atoms with E-state index in [1.165, 1.54) is 23.8 Å². The summed E-state index contributed by atoms with van der Waals surface area (Å²) in [6.07, 6.45) is -1.45. The second kappa shape index (κ2) is 9.03. The number of amides is 1. The van der Waals surface area contributed by atoms with Crippen LogP contribution in [0.5, 0.6) is 0 Å². The van der Waals surface area contributed by atoms with E-state index < -0.39 is 23.3 Å². The van der Waals surface area contributed by atoms with Crippen LogP contribution in [0.25, 0.3) is 5.69 Å². The summed E-state index contributed by atoms with van der Waals surface area (Å²) >= 11 is 1.20. The summed E-state index contributed by atoms with van der Waals surface area (Å²) in [7, 11) is 0. The zero-order valence-corrected chi connectivity index (χ0v) is 18.6. The minimum absolute atomic E-state index is 0.270. The van der Waals surface area contributed by atoms with E-state index in [9.17, 15) is 18.0 Å². The number of thiazole rings is 1. The van der Waals surface area contributed by atoms with E-state index in [0.29, 0.717) is 18.0 Å². The average molecular weight is 464 g/mol. The fourth-order valence-electron chi connectivity index (χ4n) is 4.03. The fourth-order valence-corrected chi connectivity index (χ4v) is 4.73. The number of alkyl halides is 3. The smallest absolute Gasteiger partial charge is 0.298 e. The predicted octanol–water partition coefficient (Wildman–Crippen LogP) is 5.14. The Balaban J connectivity index is 1.54. The van der Waals surface area contributed by atoms with E-state index in [0.717, 1.165) is 36.1 Å². The Bertz CT molecular complexity index is 1110. The lowest BCUT2D eigenvalue weighted by Crippen LogP contribution is -2.33. The van der Waals surface area contributed by atoms with Gasteiger partial charge in [-0.2, -0.15) is 18.3 Å². The molecule has 3 heterocycles. The summed E-state index contributed by atoms with van der Waals surface area (Å²) in [6, 6.07) is 6.59. The third kappa shape index (κ3) is 4.86. The number of rotatable bonds is 5. The molecule has 0 spiro atoms. The minimum atomic E-state index is -4.76. The molecule has 1 aliphatic heterocycles. The molecule has 6 nitrogen and oxygen atoms in total. The molecular weight excluding hydrogens is 439 g/mol. The van der Waals surface area contributed by atoms with Gasteiger partial charge in [0, 0.05) is 18.5 Å². The first-order chi connectivity index (χ1) is 15.2. The van der Waals surface area contributed by atoms with Gasteiger partial charge in [0.1, 0.15) is 0 Å². The lowest BCUT2D eigenvalue weighted by atomic mass is 10.0. The van der Waals surface area contributed by atoms with Crippen molar-refractivity contribution in [2.24, 2.45) is 5.92 Å². The van der Waals surface area contributed by atoms with E-state index in [1.807, 2.05) is 5.38 Å². The number of carbonyl (C=O) groups is 1. The van der Waals surface area contributed by atoms with Gasteiger partial charge in [0.25, 0.3) is 5.91 Å². The first-order valence-corrected chi connectivity index (χ1v) is 11.3. The summed E-state index contributed by atoms with van der Waals surface area (Å²) in [4.78, 5) is 19.5. The summed E-state index contributed by atoms with van der Waals surface area (Å²) in [5.74, 6) is -0.253. The Kier molecular flexibility index (Phi) is 6.34. The van der Waals surface area contributed by atoms with E-state index >= 15 is 0 Å². The number of likely N-dealkylation sites (tertiary alicyclic amines) is 1. The molecule has 2 aromatic heterocycles. The van der Waals surface area contributed by atoms with Crippen LogP contribution in [0.15, 0.2) is 35.8 Å². The molecule has 0 bridgehead atoms. The van der Waals surface area contributed by atoms with Gasteiger partial charge in [0.05, 0.1) is 23.1 Å². The highest BCUT2D eigenvalue weighted by atomic mass is 32.1. The number of nitrogens with one attached hydrogen (secondary N) is 1. The van der Waals surface area contributed by atoms with Gasteiger partial charge in [-0.1, -0.05) is 25.1 Å². The molecule has 170 valence electrons. The molecule has 1 saturated heterocycles. The zero-order chi connectivity index (χ0) is 22.9. The van der Waals surface area contributed by atoms with E-state index in [4.69, 9.17) is 0 Å². The first kappa shape index (κ1) is 22.5. The largest absolute Gasteiger partial charge is 0.434 e. The van der Waals surface area contributed by atoms with Crippen LogP contribution in [0.3, 0.4) is 0 Å². The average Bonchev–Trinajstić information content (AvgIpc) is 3.35. The molecular formula is C22H24F3N5OS. The Morgan fingerprint density at radius 3 is 2.81 bits per heavy atom.